The van der Waals surface area contributed by atoms with E-state index in [1.807, 2.05) is 0 Å². The fourth-order valence-corrected chi connectivity index (χ4v) is 0.890. The number of aliphatic imine (C=N–C) groups is 2. The Kier molecular flexibility index (Phi) is 7.25. The minimum Gasteiger partial charge on any atom is -0.211 e. The van der Waals surface area contributed by atoms with Crippen LogP contribution in [0.5, 0.6) is 0 Å². The van der Waals surface area contributed by atoms with Crippen molar-refractivity contribution >= 4 is 23.5 Å². The molecule has 0 heterocycles. The van der Waals surface area contributed by atoms with Crippen LogP contribution in [0.25, 0.3) is 0 Å². The van der Waals surface area contributed by atoms with Crippen LogP contribution in [-0.4, -0.2) is 12.2 Å². The molecule has 16 heavy (non-hydrogen) atoms. The van der Waals surface area contributed by atoms with E-state index in [0.717, 1.165) is 5.56 Å². The molecule has 0 fully saturated rings. The monoisotopic (exact) mass is 218 g/mol. The van der Waals surface area contributed by atoms with E-state index in [2.05, 4.69) is 23.8 Å². The molecule has 1 aromatic rings. The molecule has 0 spiro atoms. The second-order valence-corrected chi connectivity index (χ2v) is 3.08. The Morgan fingerprint density at radius 1 is 1.12 bits per heavy atom. The minimum atomic E-state index is 0.426. The predicted octanol–water partition coefficient (Wildman–Crippen LogP) is 3.35. The average Bonchev–Trinajstić information content (AvgIpc) is 2.25. The van der Waals surface area contributed by atoms with E-state index in [-0.39, 0.29) is 0 Å². The van der Waals surface area contributed by atoms with Gasteiger partial charge in [-0.2, -0.15) is 9.98 Å². The number of nitrogens with zero attached hydrogens (tertiary/aromatic N) is 2. The molecule has 0 aliphatic rings. The van der Waals surface area contributed by atoms with Crippen molar-refractivity contribution < 1.29 is 9.59 Å². The summed E-state index contributed by atoms with van der Waals surface area (Å²) in [5.41, 5.74) is 1.72. The molecule has 0 bridgehead atoms. The molecule has 0 saturated heterocycles. The zero-order valence-corrected chi connectivity index (χ0v) is 9.65. The molecular weight excluding hydrogens is 204 g/mol. The molecule has 1 aromatic carbocycles. The third-order valence-corrected chi connectivity index (χ3v) is 1.53. The first-order valence-corrected chi connectivity index (χ1v) is 4.95. The molecule has 4 nitrogen and oxygen atoms in total. The Morgan fingerprint density at radius 2 is 1.69 bits per heavy atom. The molecule has 0 unspecified atom stereocenters. The average molecular weight is 218 g/mol. The predicted molar refractivity (Wildman–Crippen MR) is 62.7 cm³/mol. The molecule has 1 rings (SSSR count). The van der Waals surface area contributed by atoms with Gasteiger partial charge in [0, 0.05) is 0 Å². The van der Waals surface area contributed by atoms with Crippen molar-refractivity contribution in [2.75, 3.05) is 0 Å². The summed E-state index contributed by atoms with van der Waals surface area (Å²) in [6.07, 6.45) is 4.09. The maximum atomic E-state index is 10.00. The summed E-state index contributed by atoms with van der Waals surface area (Å²) in [7, 11) is 0. The molecule has 84 valence electrons. The van der Waals surface area contributed by atoms with Crippen molar-refractivity contribution in [3.8, 4) is 0 Å². The molecule has 0 N–H and O–H groups in total. The molecule has 0 radical (unpaired) electrons. The van der Waals surface area contributed by atoms with Gasteiger partial charge in [-0.25, -0.2) is 9.59 Å². The standard InChI is InChI=1S/C9H6N2O2.C3H8/c1-7-2-3-8(10-5-12)4-9(7)11-6-13;1-3-2/h2-4H,1H3;3H2,1-2H3. The summed E-state index contributed by atoms with van der Waals surface area (Å²) in [5, 5.41) is 0. The lowest BCUT2D eigenvalue weighted by atomic mass is 10.2. The van der Waals surface area contributed by atoms with Crippen LogP contribution in [0.3, 0.4) is 0 Å². The lowest BCUT2D eigenvalue weighted by Crippen LogP contribution is -1.73. The summed E-state index contributed by atoms with van der Waals surface area (Å²) < 4.78 is 0. The molecule has 0 aliphatic carbocycles. The fourth-order valence-electron chi connectivity index (χ4n) is 0.890. The molecule has 0 aromatic heterocycles. The molecule has 0 aliphatic heterocycles. The molecule has 0 amide bonds. The van der Waals surface area contributed by atoms with E-state index >= 15 is 0 Å². The van der Waals surface area contributed by atoms with Crippen molar-refractivity contribution in [3.05, 3.63) is 23.8 Å². The number of benzene rings is 1. The second-order valence-electron chi connectivity index (χ2n) is 3.08. The first-order chi connectivity index (χ1) is 7.69. The number of carbonyl (C=O) groups excluding carboxylic acids is 2. The van der Waals surface area contributed by atoms with Gasteiger partial charge >= 0.3 is 0 Å². The zero-order valence-electron chi connectivity index (χ0n) is 9.65. The summed E-state index contributed by atoms with van der Waals surface area (Å²) in [4.78, 5) is 26.8. The van der Waals surface area contributed by atoms with E-state index in [9.17, 15) is 9.59 Å². The van der Waals surface area contributed by atoms with Crippen LogP contribution in [0.1, 0.15) is 25.8 Å². The number of rotatable bonds is 2. The third-order valence-electron chi connectivity index (χ3n) is 1.53. The topological polar surface area (TPSA) is 58.9 Å². The lowest BCUT2D eigenvalue weighted by molar-refractivity contribution is 0.565. The van der Waals surface area contributed by atoms with Crippen molar-refractivity contribution in [2.24, 2.45) is 9.98 Å². The first-order valence-electron chi connectivity index (χ1n) is 4.95. The SMILES string of the molecule is CCC.Cc1ccc(N=C=O)cc1N=C=O. The van der Waals surface area contributed by atoms with Gasteiger partial charge in [-0.05, 0) is 24.6 Å². The van der Waals surface area contributed by atoms with E-state index in [4.69, 9.17) is 0 Å². The highest BCUT2D eigenvalue weighted by Gasteiger charge is 1.97. The van der Waals surface area contributed by atoms with Crippen molar-refractivity contribution in [1.29, 1.82) is 0 Å². The number of aryl methyl sites for hydroxylation is 1. The van der Waals surface area contributed by atoms with E-state index < -0.39 is 0 Å². The van der Waals surface area contributed by atoms with E-state index in [1.54, 1.807) is 19.1 Å². The smallest absolute Gasteiger partial charge is 0.211 e. The number of hydrogen-bond donors (Lipinski definition) is 0. The van der Waals surface area contributed by atoms with Gasteiger partial charge in [-0.3, -0.25) is 0 Å². The van der Waals surface area contributed by atoms with Gasteiger partial charge in [-0.15, -0.1) is 0 Å². The first kappa shape index (κ1) is 14.0. The lowest BCUT2D eigenvalue weighted by Gasteiger charge is -1.97. The maximum absolute atomic E-state index is 10.00. The Morgan fingerprint density at radius 3 is 2.19 bits per heavy atom. The van der Waals surface area contributed by atoms with Crippen LogP contribution in [0.2, 0.25) is 0 Å². The van der Waals surface area contributed by atoms with Crippen molar-refractivity contribution in [1.82, 2.24) is 0 Å². The van der Waals surface area contributed by atoms with Gasteiger partial charge in [0.25, 0.3) is 0 Å². The highest BCUT2D eigenvalue weighted by molar-refractivity contribution is 5.61. The van der Waals surface area contributed by atoms with Gasteiger partial charge in [0.15, 0.2) is 0 Å². The highest BCUT2D eigenvalue weighted by atomic mass is 16.1. The van der Waals surface area contributed by atoms with Gasteiger partial charge < -0.3 is 0 Å². The minimum absolute atomic E-state index is 0.426. The second kappa shape index (κ2) is 8.30. The maximum Gasteiger partial charge on any atom is 0.240 e. The van der Waals surface area contributed by atoms with Crippen molar-refractivity contribution in [3.63, 3.8) is 0 Å². The number of isocyanates is 2. The van der Waals surface area contributed by atoms with E-state index in [0.29, 0.717) is 11.4 Å². The summed E-state index contributed by atoms with van der Waals surface area (Å²) >= 11 is 0. The van der Waals surface area contributed by atoms with Crippen LogP contribution in [-0.2, 0) is 9.59 Å². The molecule has 0 atom stereocenters. The summed E-state index contributed by atoms with van der Waals surface area (Å²) in [5.74, 6) is 0. The highest BCUT2D eigenvalue weighted by Crippen LogP contribution is 2.23. The van der Waals surface area contributed by atoms with Gasteiger partial charge in [-0.1, -0.05) is 26.3 Å². The number of hydrogen-bond acceptors (Lipinski definition) is 4. The quantitative estimate of drug-likeness (QED) is 0.564. The van der Waals surface area contributed by atoms with Crippen molar-refractivity contribution in [2.45, 2.75) is 27.2 Å². The largest absolute Gasteiger partial charge is 0.240 e. The fraction of sp³-hybridized carbons (Fsp3) is 0.333. The normalized spacial score (nSPS) is 7.94. The van der Waals surface area contributed by atoms with Gasteiger partial charge in [0.05, 0.1) is 11.4 Å². The van der Waals surface area contributed by atoms with Crippen LogP contribution in [0, 0.1) is 6.92 Å². The molecule has 4 heteroatoms. The Labute approximate surface area is 94.7 Å². The molecule has 0 saturated carbocycles. The summed E-state index contributed by atoms with van der Waals surface area (Å²) in [6, 6.07) is 4.88. The van der Waals surface area contributed by atoms with Crippen LogP contribution in [0.4, 0.5) is 11.4 Å². The third kappa shape index (κ3) is 5.01. The zero-order chi connectivity index (χ0) is 12.4. The van der Waals surface area contributed by atoms with Crippen LogP contribution in [0.15, 0.2) is 28.2 Å². The van der Waals surface area contributed by atoms with Gasteiger partial charge in [0.1, 0.15) is 0 Å². The Balaban J connectivity index is 0.000000673. The van der Waals surface area contributed by atoms with Crippen LogP contribution >= 0.6 is 0 Å². The van der Waals surface area contributed by atoms with E-state index in [1.165, 1.54) is 24.6 Å². The van der Waals surface area contributed by atoms with Gasteiger partial charge in [0.2, 0.25) is 12.2 Å². The summed E-state index contributed by atoms with van der Waals surface area (Å²) in [6.45, 7) is 6.05. The Hall–Kier alpha value is -2.02. The van der Waals surface area contributed by atoms with Crippen LogP contribution < -0.4 is 0 Å². The Bertz CT molecular complexity index is 429. The molecular formula is C12H14N2O2.